The number of rotatable bonds is 5. The summed E-state index contributed by atoms with van der Waals surface area (Å²) in [6.07, 6.45) is 1.72. The quantitative estimate of drug-likeness (QED) is 0.469. The summed E-state index contributed by atoms with van der Waals surface area (Å²) in [6, 6.07) is 0. The lowest BCUT2D eigenvalue weighted by Gasteiger charge is -2.12. The molecule has 0 radical (unpaired) electrons. The zero-order chi connectivity index (χ0) is 19.9. The monoisotopic (exact) mass is 454 g/mol. The molecule has 0 aromatic carbocycles. The Morgan fingerprint density at radius 2 is 2.04 bits per heavy atom. The first-order chi connectivity index (χ1) is 12.7. The minimum atomic E-state index is -0.251. The molecule has 1 atom stereocenters. The van der Waals surface area contributed by atoms with Crippen molar-refractivity contribution in [2.45, 2.75) is 38.7 Å². The first kappa shape index (κ1) is 19.6. The normalized spacial score (nSPS) is 12.5. The molecule has 0 aliphatic carbocycles. The number of ether oxygens (including phenoxy) is 1. The number of nitrogens with two attached hydrogens (primary N) is 1. The Morgan fingerprint density at radius 1 is 1.33 bits per heavy atom. The Labute approximate surface area is 169 Å². The maximum absolute atomic E-state index is 13.1. The van der Waals surface area contributed by atoms with Crippen molar-refractivity contribution in [1.82, 2.24) is 24.1 Å². The summed E-state index contributed by atoms with van der Waals surface area (Å²) in [5.74, 6) is 0.759. The van der Waals surface area contributed by atoms with Gasteiger partial charge in [-0.15, -0.1) is 0 Å². The molecule has 0 bridgehead atoms. The van der Waals surface area contributed by atoms with Crippen molar-refractivity contribution < 1.29 is 4.74 Å². The van der Waals surface area contributed by atoms with Crippen molar-refractivity contribution in [3.63, 3.8) is 0 Å². The lowest BCUT2D eigenvalue weighted by molar-refractivity contribution is 0.406. The van der Waals surface area contributed by atoms with E-state index in [1.54, 1.807) is 17.9 Å². The molecular weight excluding hydrogens is 436 g/mol. The van der Waals surface area contributed by atoms with Crippen molar-refractivity contribution in [1.29, 1.82) is 0 Å². The molecule has 0 aliphatic heterocycles. The molecule has 27 heavy (non-hydrogen) atoms. The van der Waals surface area contributed by atoms with E-state index in [9.17, 15) is 4.79 Å². The van der Waals surface area contributed by atoms with Crippen LogP contribution in [0, 0.1) is 13.8 Å². The topological polar surface area (TPSA) is 101 Å². The van der Waals surface area contributed by atoms with Crippen LogP contribution in [0.4, 0.5) is 5.95 Å². The molecule has 1 unspecified atom stereocenters. The molecule has 3 rings (SSSR count). The van der Waals surface area contributed by atoms with Gasteiger partial charge in [-0.3, -0.25) is 14.1 Å². The summed E-state index contributed by atoms with van der Waals surface area (Å²) in [6.45, 7) is 6.41. The SMILES string of the molecule is COc1c(C)cnc(Cn2c(=O)n(CC(C)Br)c3c(Cl)nc(N)nc32)c1C. The lowest BCUT2D eigenvalue weighted by Crippen LogP contribution is -2.27. The number of pyridine rings is 1. The smallest absolute Gasteiger partial charge is 0.330 e. The van der Waals surface area contributed by atoms with E-state index in [0.29, 0.717) is 23.4 Å². The molecular formula is C17H20BrClN6O2. The number of nitrogen functional groups attached to an aromatic ring is 1. The second-order valence-electron chi connectivity index (χ2n) is 6.35. The molecule has 3 aromatic rings. The maximum atomic E-state index is 13.1. The van der Waals surface area contributed by atoms with Crippen LogP contribution in [0.25, 0.3) is 11.2 Å². The van der Waals surface area contributed by atoms with E-state index in [0.717, 1.165) is 16.9 Å². The Morgan fingerprint density at radius 3 is 2.67 bits per heavy atom. The number of imidazole rings is 1. The van der Waals surface area contributed by atoms with Gasteiger partial charge < -0.3 is 10.5 Å². The van der Waals surface area contributed by atoms with Crippen LogP contribution in [-0.4, -0.2) is 36.0 Å². The van der Waals surface area contributed by atoms with Gasteiger partial charge in [0.15, 0.2) is 10.8 Å². The van der Waals surface area contributed by atoms with Crippen molar-refractivity contribution >= 4 is 44.6 Å². The van der Waals surface area contributed by atoms with Gasteiger partial charge in [0, 0.05) is 28.7 Å². The molecule has 8 nitrogen and oxygen atoms in total. The molecule has 3 heterocycles. The number of halogens is 2. The standard InChI is InChI=1S/C17H20BrClN6O2/c1-8-5-21-11(10(3)13(8)27-4)7-25-15-12(14(19)22-16(20)23-15)24(17(25)26)6-9(2)18/h5,9H,6-7H2,1-4H3,(H2,20,22,23). The Hall–Kier alpha value is -2.13. The highest BCUT2D eigenvalue weighted by atomic mass is 79.9. The molecule has 0 fully saturated rings. The number of aryl methyl sites for hydroxylation is 1. The fraction of sp³-hybridized carbons (Fsp3) is 0.412. The summed E-state index contributed by atoms with van der Waals surface area (Å²) in [4.78, 5) is 25.9. The van der Waals surface area contributed by atoms with E-state index >= 15 is 0 Å². The second kappa shape index (κ2) is 7.47. The third-order valence-corrected chi connectivity index (χ3v) is 4.87. The number of alkyl halides is 1. The van der Waals surface area contributed by atoms with Crippen LogP contribution in [0.5, 0.6) is 5.75 Å². The van der Waals surface area contributed by atoms with Crippen LogP contribution >= 0.6 is 27.5 Å². The average Bonchev–Trinajstić information content (AvgIpc) is 2.83. The predicted octanol–water partition coefficient (Wildman–Crippen LogP) is 2.68. The van der Waals surface area contributed by atoms with Gasteiger partial charge in [0.25, 0.3) is 0 Å². The third kappa shape index (κ3) is 3.53. The van der Waals surface area contributed by atoms with Gasteiger partial charge >= 0.3 is 5.69 Å². The summed E-state index contributed by atoms with van der Waals surface area (Å²) < 4.78 is 8.53. The number of aromatic nitrogens is 5. The predicted molar refractivity (Wildman–Crippen MR) is 109 cm³/mol. The van der Waals surface area contributed by atoms with Crippen LogP contribution in [0.1, 0.15) is 23.7 Å². The third-order valence-electron chi connectivity index (χ3n) is 4.32. The van der Waals surface area contributed by atoms with Gasteiger partial charge in [-0.1, -0.05) is 34.5 Å². The van der Waals surface area contributed by atoms with Crippen LogP contribution in [0.2, 0.25) is 5.15 Å². The number of hydrogen-bond donors (Lipinski definition) is 1. The average molecular weight is 456 g/mol. The van der Waals surface area contributed by atoms with Gasteiger partial charge in [0.1, 0.15) is 11.3 Å². The van der Waals surface area contributed by atoms with E-state index in [4.69, 9.17) is 22.1 Å². The lowest BCUT2D eigenvalue weighted by atomic mass is 10.1. The number of methoxy groups -OCH3 is 1. The molecule has 3 aromatic heterocycles. The van der Waals surface area contributed by atoms with Crippen molar-refractivity contribution in [3.8, 4) is 5.75 Å². The Kier molecular flexibility index (Phi) is 5.43. The van der Waals surface area contributed by atoms with Gasteiger partial charge in [-0.25, -0.2) is 4.79 Å². The molecule has 0 saturated heterocycles. The Balaban J connectivity index is 2.24. The van der Waals surface area contributed by atoms with Gasteiger partial charge in [0.05, 0.1) is 19.3 Å². The highest BCUT2D eigenvalue weighted by molar-refractivity contribution is 9.09. The van der Waals surface area contributed by atoms with Crippen LogP contribution in [0.3, 0.4) is 0 Å². The largest absolute Gasteiger partial charge is 0.496 e. The van der Waals surface area contributed by atoms with Gasteiger partial charge in [0.2, 0.25) is 5.95 Å². The molecule has 0 saturated carbocycles. The summed E-state index contributed by atoms with van der Waals surface area (Å²) in [5, 5.41) is 0.146. The van der Waals surface area contributed by atoms with E-state index in [1.807, 2.05) is 20.8 Å². The van der Waals surface area contributed by atoms with Crippen LogP contribution < -0.4 is 16.2 Å². The van der Waals surface area contributed by atoms with Gasteiger partial charge in [-0.2, -0.15) is 9.97 Å². The number of nitrogens with zero attached hydrogens (tertiary/aromatic N) is 5. The zero-order valence-electron chi connectivity index (χ0n) is 15.5. The van der Waals surface area contributed by atoms with Crippen molar-refractivity contribution in [3.05, 3.63) is 38.7 Å². The first-order valence-electron chi connectivity index (χ1n) is 8.29. The fourth-order valence-corrected chi connectivity index (χ4v) is 3.69. The first-order valence-corrected chi connectivity index (χ1v) is 9.59. The molecule has 0 aliphatic rings. The van der Waals surface area contributed by atoms with E-state index in [1.165, 1.54) is 4.57 Å². The maximum Gasteiger partial charge on any atom is 0.330 e. The zero-order valence-corrected chi connectivity index (χ0v) is 17.8. The van der Waals surface area contributed by atoms with Crippen molar-refractivity contribution in [2.75, 3.05) is 12.8 Å². The van der Waals surface area contributed by atoms with Gasteiger partial charge in [-0.05, 0) is 13.8 Å². The van der Waals surface area contributed by atoms with E-state index in [-0.39, 0.29) is 28.2 Å². The number of hydrogen-bond acceptors (Lipinski definition) is 6. The molecule has 10 heteroatoms. The summed E-state index contributed by atoms with van der Waals surface area (Å²) >= 11 is 9.76. The summed E-state index contributed by atoms with van der Waals surface area (Å²) in [7, 11) is 1.61. The van der Waals surface area contributed by atoms with Crippen LogP contribution in [-0.2, 0) is 13.1 Å². The van der Waals surface area contributed by atoms with E-state index < -0.39 is 0 Å². The molecule has 0 spiro atoms. The molecule has 0 amide bonds. The van der Waals surface area contributed by atoms with Crippen molar-refractivity contribution in [2.24, 2.45) is 0 Å². The van der Waals surface area contributed by atoms with Crippen LogP contribution in [0.15, 0.2) is 11.0 Å². The molecule has 144 valence electrons. The minimum Gasteiger partial charge on any atom is -0.496 e. The highest BCUT2D eigenvalue weighted by Crippen LogP contribution is 2.26. The number of fused-ring (bicyclic) bond motifs is 1. The fourth-order valence-electron chi connectivity index (χ4n) is 3.13. The number of anilines is 1. The minimum absolute atomic E-state index is 0.0106. The highest BCUT2D eigenvalue weighted by Gasteiger charge is 2.21. The molecule has 2 N–H and O–H groups in total. The second-order valence-corrected chi connectivity index (χ2v) is 8.27. The Bertz CT molecular complexity index is 1080. The summed E-state index contributed by atoms with van der Waals surface area (Å²) in [5.41, 5.74) is 8.86. The van der Waals surface area contributed by atoms with E-state index in [2.05, 4.69) is 30.9 Å².